The number of hydrogen-bond acceptors (Lipinski definition) is 1. The van der Waals surface area contributed by atoms with Crippen LogP contribution in [0.3, 0.4) is 0 Å². The van der Waals surface area contributed by atoms with Crippen molar-refractivity contribution in [2.24, 2.45) is 5.92 Å². The third-order valence-electron chi connectivity index (χ3n) is 7.95. The molecule has 148 valence electrons. The van der Waals surface area contributed by atoms with Crippen LogP contribution >= 0.6 is 0 Å². The van der Waals surface area contributed by atoms with Gasteiger partial charge in [0.1, 0.15) is 18.2 Å². The minimum Gasteiger partial charge on any atom is -0.363 e. The molecule has 1 heterocycles. The van der Waals surface area contributed by atoms with Gasteiger partial charge in [0, 0.05) is 11.5 Å². The van der Waals surface area contributed by atoms with Crippen molar-refractivity contribution in [2.75, 3.05) is 14.1 Å². The van der Waals surface area contributed by atoms with Crippen LogP contribution in [0.4, 0.5) is 0 Å². The van der Waals surface area contributed by atoms with Gasteiger partial charge in [-0.15, -0.1) is 0 Å². The normalized spacial score (nSPS) is 29.3. The fourth-order valence-corrected chi connectivity index (χ4v) is 5.74. The average molecular weight is 369 g/mol. The van der Waals surface area contributed by atoms with E-state index in [-0.39, 0.29) is 11.6 Å². The molecular formula is C25H38NO+. The lowest BCUT2D eigenvalue weighted by atomic mass is 9.69. The second kappa shape index (κ2) is 7.37. The van der Waals surface area contributed by atoms with Crippen molar-refractivity contribution in [1.29, 1.82) is 0 Å². The van der Waals surface area contributed by atoms with Crippen molar-refractivity contribution >= 4 is 0 Å². The van der Waals surface area contributed by atoms with Crippen molar-refractivity contribution in [1.82, 2.24) is 0 Å². The van der Waals surface area contributed by atoms with Gasteiger partial charge in [-0.25, -0.2) is 0 Å². The molecule has 0 amide bonds. The van der Waals surface area contributed by atoms with Gasteiger partial charge < -0.3 is 9.22 Å². The third kappa shape index (κ3) is 3.51. The van der Waals surface area contributed by atoms with Crippen LogP contribution in [0.1, 0.15) is 70.8 Å². The van der Waals surface area contributed by atoms with Crippen molar-refractivity contribution in [2.45, 2.75) is 89.5 Å². The molecule has 1 fully saturated rings. The fourth-order valence-electron chi connectivity index (χ4n) is 5.74. The molecule has 0 spiro atoms. The van der Waals surface area contributed by atoms with Gasteiger partial charge in [0.15, 0.2) is 0 Å². The second-order valence-electron chi connectivity index (χ2n) is 10.2. The van der Waals surface area contributed by atoms with E-state index in [4.69, 9.17) is 4.74 Å². The highest BCUT2D eigenvalue weighted by molar-refractivity contribution is 5.30. The molecule has 1 aromatic rings. The van der Waals surface area contributed by atoms with E-state index in [9.17, 15) is 0 Å². The van der Waals surface area contributed by atoms with Crippen molar-refractivity contribution in [3.8, 4) is 0 Å². The monoisotopic (exact) mass is 368 g/mol. The van der Waals surface area contributed by atoms with Gasteiger partial charge in [0.05, 0.1) is 20.2 Å². The van der Waals surface area contributed by atoms with Crippen LogP contribution in [-0.4, -0.2) is 36.3 Å². The SMILES string of the molecule is CC(C)([C@H]1O[C@H]2CCCC[C@@H]2C2=C1CCCC2)[N+](C)(C)Cc1ccccc1. The summed E-state index contributed by atoms with van der Waals surface area (Å²) < 4.78 is 7.93. The Bertz CT molecular complexity index is 688. The van der Waals surface area contributed by atoms with Crippen LogP contribution in [0.25, 0.3) is 0 Å². The Balaban J connectivity index is 1.66. The highest BCUT2D eigenvalue weighted by Crippen LogP contribution is 2.48. The van der Waals surface area contributed by atoms with Gasteiger partial charge in [-0.3, -0.25) is 0 Å². The lowest BCUT2D eigenvalue weighted by molar-refractivity contribution is -0.953. The minimum absolute atomic E-state index is 0.0518. The van der Waals surface area contributed by atoms with Crippen LogP contribution in [0.2, 0.25) is 0 Å². The molecule has 2 nitrogen and oxygen atoms in total. The molecule has 0 radical (unpaired) electrons. The summed E-state index contributed by atoms with van der Waals surface area (Å²) in [5.41, 5.74) is 4.97. The number of quaternary nitrogens is 1. The Morgan fingerprint density at radius 2 is 1.59 bits per heavy atom. The summed E-state index contributed by atoms with van der Waals surface area (Å²) in [6, 6.07) is 11.0. The van der Waals surface area contributed by atoms with Gasteiger partial charge in [-0.05, 0) is 57.9 Å². The number of nitrogens with zero attached hydrogens (tertiary/aromatic N) is 1. The number of rotatable bonds is 4. The summed E-state index contributed by atoms with van der Waals surface area (Å²) in [5, 5.41) is 0. The Morgan fingerprint density at radius 3 is 2.33 bits per heavy atom. The highest BCUT2D eigenvalue weighted by atomic mass is 16.5. The van der Waals surface area contributed by atoms with Gasteiger partial charge in [-0.2, -0.15) is 0 Å². The van der Waals surface area contributed by atoms with Crippen molar-refractivity contribution in [3.05, 3.63) is 47.0 Å². The maximum Gasteiger partial charge on any atom is 0.133 e. The van der Waals surface area contributed by atoms with E-state index >= 15 is 0 Å². The van der Waals surface area contributed by atoms with Crippen LogP contribution < -0.4 is 0 Å². The van der Waals surface area contributed by atoms with E-state index in [1.807, 2.05) is 5.57 Å². The molecule has 0 bridgehead atoms. The average Bonchev–Trinajstić information content (AvgIpc) is 2.67. The number of fused-ring (bicyclic) bond motifs is 2. The summed E-state index contributed by atoms with van der Waals surface area (Å²) in [5.74, 6) is 0.728. The first-order valence-corrected chi connectivity index (χ1v) is 11.1. The molecule has 0 unspecified atom stereocenters. The molecule has 27 heavy (non-hydrogen) atoms. The lowest BCUT2D eigenvalue weighted by Crippen LogP contribution is -2.64. The minimum atomic E-state index is 0.0518. The van der Waals surface area contributed by atoms with Crippen LogP contribution in [0.5, 0.6) is 0 Å². The first-order valence-electron chi connectivity index (χ1n) is 11.1. The number of ether oxygens (including phenoxy) is 1. The van der Waals surface area contributed by atoms with Crippen molar-refractivity contribution in [3.63, 3.8) is 0 Å². The summed E-state index contributed by atoms with van der Waals surface area (Å²) in [6.07, 6.45) is 11.4. The van der Waals surface area contributed by atoms with Crippen LogP contribution in [0, 0.1) is 5.92 Å². The molecule has 0 saturated heterocycles. The van der Waals surface area contributed by atoms with E-state index in [1.54, 1.807) is 5.57 Å². The summed E-state index contributed by atoms with van der Waals surface area (Å²) in [6.45, 7) is 5.94. The zero-order valence-corrected chi connectivity index (χ0v) is 17.8. The lowest BCUT2D eigenvalue weighted by Gasteiger charge is -2.54. The first-order chi connectivity index (χ1) is 12.9. The van der Waals surface area contributed by atoms with E-state index in [1.165, 1.54) is 56.9 Å². The first kappa shape index (κ1) is 19.2. The molecule has 0 aromatic heterocycles. The Kier molecular flexibility index (Phi) is 5.24. The predicted octanol–water partition coefficient (Wildman–Crippen LogP) is 5.87. The Labute approximate surface area is 166 Å². The van der Waals surface area contributed by atoms with Gasteiger partial charge in [-0.1, -0.05) is 48.7 Å². The summed E-state index contributed by atoms with van der Waals surface area (Å²) in [4.78, 5) is 0. The molecule has 1 aliphatic heterocycles. The molecule has 0 N–H and O–H groups in total. The molecule has 3 aliphatic rings. The Hall–Kier alpha value is -1.12. The molecule has 2 aliphatic carbocycles. The maximum atomic E-state index is 6.98. The van der Waals surface area contributed by atoms with Crippen molar-refractivity contribution < 1.29 is 9.22 Å². The molecular weight excluding hydrogens is 330 g/mol. The largest absolute Gasteiger partial charge is 0.363 e. The van der Waals surface area contributed by atoms with Crippen LogP contribution in [-0.2, 0) is 11.3 Å². The summed E-state index contributed by atoms with van der Waals surface area (Å²) >= 11 is 0. The third-order valence-corrected chi connectivity index (χ3v) is 7.95. The Morgan fingerprint density at radius 1 is 0.926 bits per heavy atom. The maximum absolute atomic E-state index is 6.98. The molecule has 4 rings (SSSR count). The number of likely N-dealkylation sites (N-methyl/N-ethyl adjacent to an activating group) is 1. The molecule has 3 atom stereocenters. The van der Waals surface area contributed by atoms with Crippen LogP contribution in [0.15, 0.2) is 41.5 Å². The predicted molar refractivity (Wildman–Crippen MR) is 112 cm³/mol. The van der Waals surface area contributed by atoms with E-state index in [0.717, 1.165) is 16.9 Å². The van der Waals surface area contributed by atoms with E-state index in [2.05, 4.69) is 58.3 Å². The number of hydrogen-bond donors (Lipinski definition) is 0. The molecule has 1 saturated carbocycles. The molecule has 1 aromatic carbocycles. The van der Waals surface area contributed by atoms with Gasteiger partial charge >= 0.3 is 0 Å². The van der Waals surface area contributed by atoms with E-state index in [0.29, 0.717) is 6.10 Å². The topological polar surface area (TPSA) is 9.23 Å². The van der Waals surface area contributed by atoms with Gasteiger partial charge in [0.2, 0.25) is 0 Å². The number of benzene rings is 1. The highest BCUT2D eigenvalue weighted by Gasteiger charge is 2.51. The van der Waals surface area contributed by atoms with E-state index < -0.39 is 0 Å². The molecule has 2 heteroatoms. The van der Waals surface area contributed by atoms with Gasteiger partial charge in [0.25, 0.3) is 0 Å². The quantitative estimate of drug-likeness (QED) is 0.477. The smallest absolute Gasteiger partial charge is 0.133 e. The zero-order chi connectivity index (χ0) is 19.1. The fraction of sp³-hybridized carbons (Fsp3) is 0.680. The second-order valence-corrected chi connectivity index (χ2v) is 10.2. The zero-order valence-electron chi connectivity index (χ0n) is 17.8. The summed E-state index contributed by atoms with van der Waals surface area (Å²) in [7, 11) is 4.79. The standard InChI is InChI=1S/C25H38NO/c1-25(2,26(3,4)18-19-12-6-5-7-13-19)24-22-16-9-8-14-20(22)21-15-10-11-17-23(21)27-24/h5-7,12-13,21,23-24H,8-11,14-18H2,1-4H3/q+1/t21-,23+,24+/m1/s1.